The average molecular weight is 435 g/mol. The molecule has 5 aromatic rings. The molecule has 148 valence electrons. The normalized spacial score (nSPS) is 11.4. The van der Waals surface area contributed by atoms with Gasteiger partial charge in [-0.15, -0.1) is 0 Å². The number of halogens is 1. The summed E-state index contributed by atoms with van der Waals surface area (Å²) in [6.07, 6.45) is 3.08. The van der Waals surface area contributed by atoms with Crippen LogP contribution in [-0.4, -0.2) is 29.5 Å². The zero-order valence-electron chi connectivity index (χ0n) is 15.8. The smallest absolute Gasteiger partial charge is 0.267 e. The van der Waals surface area contributed by atoms with Crippen LogP contribution in [0.1, 0.15) is 11.4 Å². The van der Waals surface area contributed by atoms with Crippen LogP contribution in [0.2, 0.25) is 5.02 Å². The maximum Gasteiger partial charge on any atom is 0.267 e. The van der Waals surface area contributed by atoms with Gasteiger partial charge in [0.2, 0.25) is 0 Å². The van der Waals surface area contributed by atoms with Crippen LogP contribution >= 0.6 is 23.4 Å². The van der Waals surface area contributed by atoms with Gasteiger partial charge in [-0.05, 0) is 30.7 Å². The van der Waals surface area contributed by atoms with E-state index in [1.165, 1.54) is 18.1 Å². The molecule has 0 unspecified atom stereocenters. The Morgan fingerprint density at radius 3 is 2.83 bits per heavy atom. The van der Waals surface area contributed by atoms with Crippen molar-refractivity contribution in [2.24, 2.45) is 0 Å². The van der Waals surface area contributed by atoms with E-state index in [2.05, 4.69) is 19.9 Å². The Morgan fingerprint density at radius 2 is 1.97 bits per heavy atom. The van der Waals surface area contributed by atoms with E-state index >= 15 is 0 Å². The molecule has 0 fully saturated rings. The van der Waals surface area contributed by atoms with E-state index in [1.807, 2.05) is 31.2 Å². The molecular formula is C21H15ClN6OS. The first-order chi connectivity index (χ1) is 14.6. The average Bonchev–Trinajstić information content (AvgIpc) is 3.22. The Bertz CT molecular complexity index is 1460. The summed E-state index contributed by atoms with van der Waals surface area (Å²) >= 11 is 7.81. The number of thioether (sulfide) groups is 1. The highest BCUT2D eigenvalue weighted by Crippen LogP contribution is 2.27. The molecule has 5 rings (SSSR count). The molecule has 2 aromatic carbocycles. The fourth-order valence-electron chi connectivity index (χ4n) is 3.38. The number of imidazole rings is 1. The molecule has 0 saturated heterocycles. The predicted molar refractivity (Wildman–Crippen MR) is 118 cm³/mol. The van der Waals surface area contributed by atoms with Crippen LogP contribution in [-0.2, 0) is 5.75 Å². The van der Waals surface area contributed by atoms with Crippen molar-refractivity contribution in [3.8, 4) is 5.69 Å². The predicted octanol–water partition coefficient (Wildman–Crippen LogP) is 4.31. The second-order valence-corrected chi connectivity index (χ2v) is 8.03. The minimum Gasteiger partial charge on any atom is -0.329 e. The summed E-state index contributed by atoms with van der Waals surface area (Å²) in [7, 11) is 0. The quantitative estimate of drug-likeness (QED) is 0.335. The van der Waals surface area contributed by atoms with Gasteiger partial charge in [0.15, 0.2) is 5.65 Å². The first kappa shape index (κ1) is 18.8. The summed E-state index contributed by atoms with van der Waals surface area (Å²) in [5.74, 6) is 1.03. The van der Waals surface area contributed by atoms with Crippen molar-refractivity contribution in [2.45, 2.75) is 17.7 Å². The number of aromatic nitrogens is 6. The van der Waals surface area contributed by atoms with E-state index in [0.717, 1.165) is 16.3 Å². The van der Waals surface area contributed by atoms with Crippen molar-refractivity contribution in [3.05, 3.63) is 81.9 Å². The van der Waals surface area contributed by atoms with Crippen LogP contribution in [0.3, 0.4) is 0 Å². The number of H-pyrrole nitrogens is 1. The van der Waals surface area contributed by atoms with Crippen molar-refractivity contribution in [2.75, 3.05) is 0 Å². The van der Waals surface area contributed by atoms with Crippen LogP contribution in [0.4, 0.5) is 0 Å². The molecule has 3 aromatic heterocycles. The lowest BCUT2D eigenvalue weighted by molar-refractivity contribution is 0.876. The number of hydrogen-bond acceptors (Lipinski definition) is 6. The molecule has 0 amide bonds. The molecular weight excluding hydrogens is 420 g/mol. The lowest BCUT2D eigenvalue weighted by Crippen LogP contribution is -2.24. The first-order valence-electron chi connectivity index (χ1n) is 9.16. The van der Waals surface area contributed by atoms with Crippen molar-refractivity contribution in [3.63, 3.8) is 0 Å². The van der Waals surface area contributed by atoms with Crippen LogP contribution in [0.15, 0.2) is 64.9 Å². The highest BCUT2D eigenvalue weighted by Gasteiger charge is 2.17. The van der Waals surface area contributed by atoms with E-state index in [-0.39, 0.29) is 5.56 Å². The second kappa shape index (κ2) is 7.55. The molecule has 0 spiro atoms. The summed E-state index contributed by atoms with van der Waals surface area (Å²) in [5, 5.41) is 1.52. The number of para-hydroxylation sites is 1. The number of aromatic amines is 1. The van der Waals surface area contributed by atoms with Gasteiger partial charge in [0, 0.05) is 0 Å². The minimum atomic E-state index is -0.192. The van der Waals surface area contributed by atoms with Gasteiger partial charge in [-0.3, -0.25) is 9.36 Å². The largest absolute Gasteiger partial charge is 0.329 e. The zero-order chi connectivity index (χ0) is 20.7. The third kappa shape index (κ3) is 3.14. The fourth-order valence-corrected chi connectivity index (χ4v) is 4.49. The van der Waals surface area contributed by atoms with Crippen LogP contribution in [0, 0.1) is 6.92 Å². The topological polar surface area (TPSA) is 89.3 Å². The summed E-state index contributed by atoms with van der Waals surface area (Å²) in [6.45, 7) is 1.97. The Labute approximate surface area is 180 Å². The van der Waals surface area contributed by atoms with Crippen molar-refractivity contribution in [1.82, 2.24) is 29.5 Å². The van der Waals surface area contributed by atoms with E-state index < -0.39 is 0 Å². The van der Waals surface area contributed by atoms with Gasteiger partial charge in [0.25, 0.3) is 5.56 Å². The van der Waals surface area contributed by atoms with E-state index in [1.54, 1.807) is 29.1 Å². The van der Waals surface area contributed by atoms with Crippen molar-refractivity contribution < 1.29 is 0 Å². The molecule has 9 heteroatoms. The van der Waals surface area contributed by atoms with Gasteiger partial charge >= 0.3 is 0 Å². The van der Waals surface area contributed by atoms with Gasteiger partial charge in [0.05, 0.1) is 33.7 Å². The molecule has 0 bridgehead atoms. The van der Waals surface area contributed by atoms with Gasteiger partial charge in [0.1, 0.15) is 22.7 Å². The molecule has 0 aliphatic carbocycles. The molecule has 0 aliphatic rings. The minimum absolute atomic E-state index is 0.192. The Morgan fingerprint density at radius 1 is 1.10 bits per heavy atom. The summed E-state index contributed by atoms with van der Waals surface area (Å²) in [6, 6.07) is 13.0. The number of fused-ring (bicyclic) bond motifs is 2. The summed E-state index contributed by atoms with van der Waals surface area (Å²) < 4.78 is 1.64. The maximum absolute atomic E-state index is 13.5. The standard InChI is InChI=1S/C21H15ClN6OS/c1-12-5-2-3-8-15(12)28-16(27-14-7-4-6-13(22)17(14)21(28)29)9-30-20-18-19(24-10-23-18)25-11-26-20/h2-8,10-11H,9H2,1H3,(H,23,24,25,26). The highest BCUT2D eigenvalue weighted by molar-refractivity contribution is 7.98. The second-order valence-electron chi connectivity index (χ2n) is 6.66. The molecule has 3 heterocycles. The monoisotopic (exact) mass is 434 g/mol. The zero-order valence-corrected chi connectivity index (χ0v) is 17.4. The van der Waals surface area contributed by atoms with Crippen molar-refractivity contribution >= 4 is 45.4 Å². The number of nitrogens with zero attached hydrogens (tertiary/aromatic N) is 5. The number of aryl methyl sites for hydroxylation is 1. The van der Waals surface area contributed by atoms with Gasteiger partial charge in [-0.1, -0.05) is 47.6 Å². The summed E-state index contributed by atoms with van der Waals surface area (Å²) in [5.41, 5.74) is 3.48. The van der Waals surface area contributed by atoms with Gasteiger partial charge < -0.3 is 4.98 Å². The van der Waals surface area contributed by atoms with Gasteiger partial charge in [-0.2, -0.15) is 0 Å². The van der Waals surface area contributed by atoms with Gasteiger partial charge in [-0.25, -0.2) is 19.9 Å². The molecule has 7 nitrogen and oxygen atoms in total. The Hall–Kier alpha value is -3.23. The van der Waals surface area contributed by atoms with E-state index in [9.17, 15) is 4.79 Å². The lowest BCUT2D eigenvalue weighted by Gasteiger charge is -2.15. The highest BCUT2D eigenvalue weighted by atomic mass is 35.5. The number of hydrogen-bond donors (Lipinski definition) is 1. The number of rotatable bonds is 4. The Balaban J connectivity index is 1.69. The third-order valence-corrected chi connectivity index (χ3v) is 6.08. The third-order valence-electron chi connectivity index (χ3n) is 4.79. The lowest BCUT2D eigenvalue weighted by atomic mass is 10.2. The number of benzene rings is 2. The maximum atomic E-state index is 13.5. The summed E-state index contributed by atoms with van der Waals surface area (Å²) in [4.78, 5) is 34.1. The van der Waals surface area contributed by atoms with Crippen LogP contribution in [0.5, 0.6) is 0 Å². The van der Waals surface area contributed by atoms with Crippen LogP contribution in [0.25, 0.3) is 27.8 Å². The number of nitrogens with one attached hydrogen (secondary N) is 1. The molecule has 0 atom stereocenters. The Kier molecular flexibility index (Phi) is 4.72. The molecule has 0 radical (unpaired) electrons. The molecule has 0 saturated carbocycles. The van der Waals surface area contributed by atoms with Crippen molar-refractivity contribution in [1.29, 1.82) is 0 Å². The van der Waals surface area contributed by atoms with Crippen LogP contribution < -0.4 is 5.56 Å². The molecule has 1 N–H and O–H groups in total. The molecule has 30 heavy (non-hydrogen) atoms. The van der Waals surface area contributed by atoms with E-state index in [4.69, 9.17) is 16.6 Å². The van der Waals surface area contributed by atoms with E-state index in [0.29, 0.717) is 38.7 Å². The molecule has 0 aliphatic heterocycles. The SMILES string of the molecule is Cc1ccccc1-n1c(CSc2ncnc3[nH]cnc23)nc2cccc(Cl)c2c1=O. The fraction of sp³-hybridized carbons (Fsp3) is 0.0952. The first-order valence-corrected chi connectivity index (χ1v) is 10.5.